The fourth-order valence-corrected chi connectivity index (χ4v) is 4.31. The van der Waals surface area contributed by atoms with Crippen molar-refractivity contribution in [3.8, 4) is 5.75 Å². The lowest BCUT2D eigenvalue weighted by Crippen LogP contribution is -2.35. The average molecular weight is 451 g/mol. The molecule has 1 heterocycles. The highest BCUT2D eigenvalue weighted by Gasteiger charge is 2.21. The van der Waals surface area contributed by atoms with Crippen molar-refractivity contribution in [2.24, 2.45) is 0 Å². The molecule has 1 fully saturated rings. The smallest absolute Gasteiger partial charge is 0.255 e. The van der Waals surface area contributed by atoms with E-state index in [1.165, 1.54) is 6.26 Å². The SMILES string of the molecule is CS(=O)(=O)c1ccc(OCCCN2CCCN(C(=O)c3ccccc3Cl)CC2)cc1. The van der Waals surface area contributed by atoms with Gasteiger partial charge >= 0.3 is 0 Å². The van der Waals surface area contributed by atoms with Crippen LogP contribution in [0.1, 0.15) is 23.2 Å². The number of nitrogens with zero attached hydrogens (tertiary/aromatic N) is 2. The van der Waals surface area contributed by atoms with Crippen LogP contribution in [0.3, 0.4) is 0 Å². The van der Waals surface area contributed by atoms with E-state index in [9.17, 15) is 13.2 Å². The van der Waals surface area contributed by atoms with Crippen molar-refractivity contribution in [2.45, 2.75) is 17.7 Å². The van der Waals surface area contributed by atoms with E-state index in [0.717, 1.165) is 39.0 Å². The first-order valence-corrected chi connectivity index (χ1v) is 12.3. The monoisotopic (exact) mass is 450 g/mol. The Bertz CT molecular complexity index is 963. The second kappa shape index (κ2) is 10.3. The van der Waals surface area contributed by atoms with Gasteiger partial charge in [0, 0.05) is 32.4 Å². The van der Waals surface area contributed by atoms with E-state index in [4.69, 9.17) is 16.3 Å². The molecule has 30 heavy (non-hydrogen) atoms. The fraction of sp³-hybridized carbons (Fsp3) is 0.409. The van der Waals surface area contributed by atoms with Gasteiger partial charge in [-0.2, -0.15) is 0 Å². The number of ether oxygens (including phenoxy) is 1. The van der Waals surface area contributed by atoms with Gasteiger partial charge in [-0.25, -0.2) is 8.42 Å². The van der Waals surface area contributed by atoms with E-state index in [2.05, 4.69) is 4.90 Å². The lowest BCUT2D eigenvalue weighted by Gasteiger charge is -2.22. The third-order valence-corrected chi connectivity index (χ3v) is 6.58. The van der Waals surface area contributed by atoms with Crippen LogP contribution in [0.4, 0.5) is 0 Å². The van der Waals surface area contributed by atoms with Crippen molar-refractivity contribution < 1.29 is 17.9 Å². The van der Waals surface area contributed by atoms with Gasteiger partial charge in [-0.05, 0) is 55.8 Å². The predicted octanol–water partition coefficient (Wildman–Crippen LogP) is 3.36. The summed E-state index contributed by atoms with van der Waals surface area (Å²) in [5.41, 5.74) is 0.558. The first-order chi connectivity index (χ1) is 14.3. The van der Waals surface area contributed by atoms with Gasteiger partial charge < -0.3 is 14.5 Å². The molecule has 0 aliphatic carbocycles. The molecule has 1 amide bonds. The molecule has 2 aromatic carbocycles. The Hall–Kier alpha value is -2.09. The van der Waals surface area contributed by atoms with Crippen LogP contribution < -0.4 is 4.74 Å². The van der Waals surface area contributed by atoms with E-state index in [-0.39, 0.29) is 10.8 Å². The molecule has 6 nitrogen and oxygen atoms in total. The lowest BCUT2D eigenvalue weighted by atomic mass is 10.2. The van der Waals surface area contributed by atoms with Crippen molar-refractivity contribution in [1.29, 1.82) is 0 Å². The highest BCUT2D eigenvalue weighted by Crippen LogP contribution is 2.19. The zero-order valence-electron chi connectivity index (χ0n) is 17.1. The molecule has 3 rings (SSSR count). The third-order valence-electron chi connectivity index (χ3n) is 5.12. The Balaban J connectivity index is 1.42. The van der Waals surface area contributed by atoms with Crippen molar-refractivity contribution in [2.75, 3.05) is 45.6 Å². The molecule has 0 atom stereocenters. The highest BCUT2D eigenvalue weighted by molar-refractivity contribution is 7.90. The van der Waals surface area contributed by atoms with Crippen molar-refractivity contribution in [3.63, 3.8) is 0 Å². The van der Waals surface area contributed by atoms with E-state index in [0.29, 0.717) is 29.5 Å². The zero-order chi connectivity index (χ0) is 21.6. The van der Waals surface area contributed by atoms with Crippen LogP contribution >= 0.6 is 11.6 Å². The zero-order valence-corrected chi connectivity index (χ0v) is 18.7. The van der Waals surface area contributed by atoms with E-state index in [1.807, 2.05) is 17.0 Å². The normalized spacial score (nSPS) is 15.6. The Kier molecular flexibility index (Phi) is 7.75. The standard InChI is InChI=1S/C22H27ClN2O4S/c1-30(27,28)19-10-8-18(9-11-19)29-17-5-13-24-12-4-14-25(16-15-24)22(26)20-6-2-3-7-21(20)23/h2-3,6-11H,4-5,12-17H2,1H3. The van der Waals surface area contributed by atoms with Gasteiger partial charge in [-0.3, -0.25) is 4.79 Å². The number of amides is 1. The Morgan fingerprint density at radius 1 is 1.03 bits per heavy atom. The summed E-state index contributed by atoms with van der Waals surface area (Å²) < 4.78 is 28.7. The molecule has 1 aliphatic rings. The molecule has 0 radical (unpaired) electrons. The lowest BCUT2D eigenvalue weighted by molar-refractivity contribution is 0.0761. The molecule has 0 N–H and O–H groups in total. The Labute approximate surface area is 183 Å². The largest absolute Gasteiger partial charge is 0.494 e. The van der Waals surface area contributed by atoms with Crippen LogP contribution in [0.5, 0.6) is 5.75 Å². The summed E-state index contributed by atoms with van der Waals surface area (Å²) in [7, 11) is -3.19. The quantitative estimate of drug-likeness (QED) is 0.605. The van der Waals surface area contributed by atoms with Crippen LogP contribution in [0, 0.1) is 0 Å². The number of halogens is 1. The van der Waals surface area contributed by atoms with Crippen LogP contribution in [0.2, 0.25) is 5.02 Å². The van der Waals surface area contributed by atoms with Crippen LogP contribution in [-0.2, 0) is 9.84 Å². The Morgan fingerprint density at radius 3 is 2.47 bits per heavy atom. The number of hydrogen-bond donors (Lipinski definition) is 0. The van der Waals surface area contributed by atoms with Crippen LogP contribution in [0.25, 0.3) is 0 Å². The second-order valence-corrected chi connectivity index (χ2v) is 9.84. The maximum Gasteiger partial charge on any atom is 0.255 e. The summed E-state index contributed by atoms with van der Waals surface area (Å²) in [5.74, 6) is 0.651. The van der Waals surface area contributed by atoms with E-state index < -0.39 is 9.84 Å². The van der Waals surface area contributed by atoms with Gasteiger partial charge in [0.15, 0.2) is 9.84 Å². The number of carbonyl (C=O) groups is 1. The summed E-state index contributed by atoms with van der Waals surface area (Å²) in [6.07, 6.45) is 2.96. The summed E-state index contributed by atoms with van der Waals surface area (Å²) >= 11 is 6.17. The first-order valence-electron chi connectivity index (χ1n) is 10.0. The topological polar surface area (TPSA) is 66.9 Å². The molecular formula is C22H27ClN2O4S. The van der Waals surface area contributed by atoms with Crippen LogP contribution in [0.15, 0.2) is 53.4 Å². The number of sulfone groups is 1. The third kappa shape index (κ3) is 6.20. The summed E-state index contributed by atoms with van der Waals surface area (Å²) in [6.45, 7) is 4.60. The van der Waals surface area contributed by atoms with Crippen LogP contribution in [-0.4, -0.2) is 69.7 Å². The number of benzene rings is 2. The van der Waals surface area contributed by atoms with Gasteiger partial charge in [0.05, 0.1) is 22.1 Å². The van der Waals surface area contributed by atoms with E-state index in [1.54, 1.807) is 36.4 Å². The van der Waals surface area contributed by atoms with Crippen molar-refractivity contribution in [1.82, 2.24) is 9.80 Å². The van der Waals surface area contributed by atoms with Gasteiger partial charge in [0.25, 0.3) is 5.91 Å². The highest BCUT2D eigenvalue weighted by atomic mass is 35.5. The summed E-state index contributed by atoms with van der Waals surface area (Å²) in [4.78, 5) is 17.3. The van der Waals surface area contributed by atoms with Gasteiger partial charge in [0.2, 0.25) is 0 Å². The minimum absolute atomic E-state index is 0.0108. The van der Waals surface area contributed by atoms with E-state index >= 15 is 0 Å². The number of hydrogen-bond acceptors (Lipinski definition) is 5. The molecule has 8 heteroatoms. The molecule has 1 aliphatic heterocycles. The Morgan fingerprint density at radius 2 is 1.77 bits per heavy atom. The second-order valence-electron chi connectivity index (χ2n) is 7.41. The van der Waals surface area contributed by atoms with Crippen molar-refractivity contribution >= 4 is 27.3 Å². The minimum atomic E-state index is -3.19. The number of carbonyl (C=O) groups excluding carboxylic acids is 1. The molecule has 0 unspecified atom stereocenters. The molecular weight excluding hydrogens is 424 g/mol. The first kappa shape index (κ1) is 22.6. The van der Waals surface area contributed by atoms with Gasteiger partial charge in [-0.15, -0.1) is 0 Å². The van der Waals surface area contributed by atoms with Gasteiger partial charge in [-0.1, -0.05) is 23.7 Å². The molecule has 0 aromatic heterocycles. The van der Waals surface area contributed by atoms with Crippen molar-refractivity contribution in [3.05, 3.63) is 59.1 Å². The maximum absolute atomic E-state index is 12.7. The molecule has 0 spiro atoms. The molecule has 1 saturated heterocycles. The maximum atomic E-state index is 12.7. The number of rotatable bonds is 7. The summed E-state index contributed by atoms with van der Waals surface area (Å²) in [5, 5.41) is 0.491. The predicted molar refractivity (Wildman–Crippen MR) is 118 cm³/mol. The fourth-order valence-electron chi connectivity index (χ4n) is 3.46. The molecule has 0 saturated carbocycles. The molecule has 0 bridgehead atoms. The average Bonchev–Trinajstić information content (AvgIpc) is 2.96. The minimum Gasteiger partial charge on any atom is -0.494 e. The van der Waals surface area contributed by atoms with Gasteiger partial charge in [0.1, 0.15) is 5.75 Å². The molecule has 2 aromatic rings. The molecule has 162 valence electrons. The summed E-state index contributed by atoms with van der Waals surface area (Å²) in [6, 6.07) is 13.7.